The van der Waals surface area contributed by atoms with Gasteiger partial charge in [-0.3, -0.25) is 4.79 Å². The SMILES string of the molecule is CN(C)C(=O)CNC(=NCc1cccc(F)c1)NCc1ccc(S(N)(=O)=O)cc1. The van der Waals surface area contributed by atoms with Crippen molar-refractivity contribution in [3.05, 3.63) is 65.5 Å². The summed E-state index contributed by atoms with van der Waals surface area (Å²) >= 11 is 0. The first-order chi connectivity index (χ1) is 13.6. The zero-order valence-corrected chi connectivity index (χ0v) is 17.0. The average Bonchev–Trinajstić information content (AvgIpc) is 2.66. The second-order valence-electron chi connectivity index (χ2n) is 6.48. The largest absolute Gasteiger partial charge is 0.352 e. The van der Waals surface area contributed by atoms with Gasteiger partial charge in [0.1, 0.15) is 5.82 Å². The van der Waals surface area contributed by atoms with E-state index in [0.717, 1.165) is 5.56 Å². The smallest absolute Gasteiger partial charge is 0.241 e. The molecule has 0 unspecified atom stereocenters. The predicted octanol–water partition coefficient (Wildman–Crippen LogP) is 0.797. The number of sulfonamides is 1. The Bertz CT molecular complexity index is 976. The third-order valence-electron chi connectivity index (χ3n) is 3.93. The molecule has 4 N–H and O–H groups in total. The van der Waals surface area contributed by atoms with Crippen molar-refractivity contribution >= 4 is 21.9 Å². The summed E-state index contributed by atoms with van der Waals surface area (Å²) in [6.07, 6.45) is 0. The van der Waals surface area contributed by atoms with Crippen LogP contribution >= 0.6 is 0 Å². The van der Waals surface area contributed by atoms with Gasteiger partial charge in [0.15, 0.2) is 5.96 Å². The van der Waals surface area contributed by atoms with Gasteiger partial charge in [0.2, 0.25) is 15.9 Å². The quantitative estimate of drug-likeness (QED) is 0.452. The van der Waals surface area contributed by atoms with Gasteiger partial charge in [-0.25, -0.2) is 22.9 Å². The molecule has 0 heterocycles. The van der Waals surface area contributed by atoms with Crippen LogP contribution in [0, 0.1) is 5.82 Å². The van der Waals surface area contributed by atoms with E-state index in [1.165, 1.54) is 29.2 Å². The van der Waals surface area contributed by atoms with Crippen molar-refractivity contribution in [2.24, 2.45) is 10.1 Å². The van der Waals surface area contributed by atoms with Gasteiger partial charge in [-0.15, -0.1) is 0 Å². The van der Waals surface area contributed by atoms with Crippen LogP contribution in [0.25, 0.3) is 0 Å². The van der Waals surface area contributed by atoms with Crippen LogP contribution in [0.15, 0.2) is 58.4 Å². The molecule has 0 atom stereocenters. The highest BCUT2D eigenvalue weighted by atomic mass is 32.2. The van der Waals surface area contributed by atoms with Crippen molar-refractivity contribution < 1.29 is 17.6 Å². The number of likely N-dealkylation sites (N-methyl/N-ethyl adjacent to an activating group) is 1. The van der Waals surface area contributed by atoms with Crippen LogP contribution < -0.4 is 15.8 Å². The fourth-order valence-electron chi connectivity index (χ4n) is 2.28. The zero-order valence-electron chi connectivity index (χ0n) is 16.2. The number of rotatable bonds is 7. The van der Waals surface area contributed by atoms with Crippen LogP contribution in [-0.4, -0.2) is 45.8 Å². The van der Waals surface area contributed by atoms with Crippen LogP contribution in [0.3, 0.4) is 0 Å². The van der Waals surface area contributed by atoms with E-state index >= 15 is 0 Å². The molecule has 0 aliphatic carbocycles. The Labute approximate surface area is 169 Å². The van der Waals surface area contributed by atoms with Gasteiger partial charge in [0.25, 0.3) is 0 Å². The minimum absolute atomic E-state index is 0.0240. The van der Waals surface area contributed by atoms with E-state index in [2.05, 4.69) is 15.6 Å². The Morgan fingerprint density at radius 2 is 1.79 bits per heavy atom. The van der Waals surface area contributed by atoms with Crippen molar-refractivity contribution in [2.75, 3.05) is 20.6 Å². The Balaban J connectivity index is 2.07. The first-order valence-corrected chi connectivity index (χ1v) is 10.3. The summed E-state index contributed by atoms with van der Waals surface area (Å²) in [5.74, 6) is -0.124. The maximum absolute atomic E-state index is 13.3. The molecule has 0 aliphatic heterocycles. The monoisotopic (exact) mass is 421 g/mol. The van der Waals surface area contributed by atoms with Crippen molar-refractivity contribution in [1.82, 2.24) is 15.5 Å². The van der Waals surface area contributed by atoms with Gasteiger partial charge in [0, 0.05) is 20.6 Å². The maximum Gasteiger partial charge on any atom is 0.241 e. The molecule has 2 aromatic rings. The number of halogens is 1. The highest BCUT2D eigenvalue weighted by Crippen LogP contribution is 2.09. The van der Waals surface area contributed by atoms with Gasteiger partial charge in [-0.05, 0) is 35.4 Å². The lowest BCUT2D eigenvalue weighted by Crippen LogP contribution is -2.42. The van der Waals surface area contributed by atoms with E-state index in [9.17, 15) is 17.6 Å². The van der Waals surface area contributed by atoms with Gasteiger partial charge in [-0.1, -0.05) is 24.3 Å². The molecule has 29 heavy (non-hydrogen) atoms. The van der Waals surface area contributed by atoms with Crippen LogP contribution in [0.4, 0.5) is 4.39 Å². The Morgan fingerprint density at radius 1 is 1.10 bits per heavy atom. The van der Waals surface area contributed by atoms with Gasteiger partial charge >= 0.3 is 0 Å². The Morgan fingerprint density at radius 3 is 2.38 bits per heavy atom. The number of nitrogens with zero attached hydrogens (tertiary/aromatic N) is 2. The molecule has 156 valence electrons. The third kappa shape index (κ3) is 7.51. The summed E-state index contributed by atoms with van der Waals surface area (Å²) in [5, 5.41) is 11.1. The highest BCUT2D eigenvalue weighted by Gasteiger charge is 2.08. The van der Waals surface area contributed by atoms with Crippen LogP contribution in [0.5, 0.6) is 0 Å². The molecular formula is C19H24FN5O3S. The number of nitrogens with one attached hydrogen (secondary N) is 2. The summed E-state index contributed by atoms with van der Waals surface area (Å²) in [4.78, 5) is 17.7. The minimum Gasteiger partial charge on any atom is -0.352 e. The number of primary sulfonamides is 1. The van der Waals surface area contributed by atoms with E-state index < -0.39 is 10.0 Å². The molecule has 2 aromatic carbocycles. The second-order valence-corrected chi connectivity index (χ2v) is 8.04. The number of hydrogen-bond donors (Lipinski definition) is 3. The summed E-state index contributed by atoms with van der Waals surface area (Å²) < 4.78 is 36.0. The molecule has 0 saturated heterocycles. The Kier molecular flexibility index (Phi) is 7.68. The zero-order chi connectivity index (χ0) is 21.4. The fraction of sp³-hybridized carbons (Fsp3) is 0.263. The number of carbonyl (C=O) groups is 1. The molecule has 2 rings (SSSR count). The summed E-state index contributed by atoms with van der Waals surface area (Å²) in [6.45, 7) is 0.579. The summed E-state index contributed by atoms with van der Waals surface area (Å²) in [7, 11) is -0.455. The first kappa shape index (κ1) is 22.3. The topological polar surface area (TPSA) is 117 Å². The number of carbonyl (C=O) groups excluding carboxylic acids is 1. The van der Waals surface area contributed by atoms with Crippen LogP contribution in [0.2, 0.25) is 0 Å². The number of amides is 1. The van der Waals surface area contributed by atoms with Crippen LogP contribution in [0.1, 0.15) is 11.1 Å². The van der Waals surface area contributed by atoms with E-state index in [-0.39, 0.29) is 29.7 Å². The Hall–Kier alpha value is -2.98. The summed E-state index contributed by atoms with van der Waals surface area (Å²) in [6, 6.07) is 12.2. The van der Waals surface area contributed by atoms with E-state index in [1.807, 2.05) is 0 Å². The van der Waals surface area contributed by atoms with Gasteiger partial charge in [0.05, 0.1) is 18.0 Å². The van der Waals surface area contributed by atoms with Crippen molar-refractivity contribution in [2.45, 2.75) is 18.0 Å². The van der Waals surface area contributed by atoms with Gasteiger partial charge < -0.3 is 15.5 Å². The number of hydrogen-bond acceptors (Lipinski definition) is 4. The highest BCUT2D eigenvalue weighted by molar-refractivity contribution is 7.89. The summed E-state index contributed by atoms with van der Waals surface area (Å²) in [5.41, 5.74) is 1.47. The van der Waals surface area contributed by atoms with E-state index in [0.29, 0.717) is 18.1 Å². The van der Waals surface area contributed by atoms with E-state index in [4.69, 9.17) is 5.14 Å². The molecular weight excluding hydrogens is 397 g/mol. The molecule has 0 radical (unpaired) electrons. The average molecular weight is 421 g/mol. The van der Waals surface area contributed by atoms with Gasteiger partial charge in [-0.2, -0.15) is 0 Å². The molecule has 0 aromatic heterocycles. The molecule has 8 nitrogen and oxygen atoms in total. The molecule has 0 saturated carbocycles. The minimum atomic E-state index is -3.75. The molecule has 1 amide bonds. The predicted molar refractivity (Wildman–Crippen MR) is 109 cm³/mol. The lowest BCUT2D eigenvalue weighted by molar-refractivity contribution is -0.127. The number of aliphatic imine (C=N–C) groups is 1. The molecule has 0 bridgehead atoms. The maximum atomic E-state index is 13.3. The number of guanidine groups is 1. The third-order valence-corrected chi connectivity index (χ3v) is 4.86. The second kappa shape index (κ2) is 9.99. The van der Waals surface area contributed by atoms with Crippen molar-refractivity contribution in [1.29, 1.82) is 0 Å². The first-order valence-electron chi connectivity index (χ1n) is 8.73. The lowest BCUT2D eigenvalue weighted by atomic mass is 10.2. The normalized spacial score (nSPS) is 11.8. The number of nitrogens with two attached hydrogens (primary N) is 1. The fourth-order valence-corrected chi connectivity index (χ4v) is 2.80. The van der Waals surface area contributed by atoms with Crippen LogP contribution in [-0.2, 0) is 27.9 Å². The lowest BCUT2D eigenvalue weighted by Gasteiger charge is -2.15. The standard InChI is InChI=1S/C19H24FN5O3S/c1-25(2)18(26)13-24-19(23-12-15-4-3-5-16(20)10-15)22-11-14-6-8-17(9-7-14)29(21,27)28/h3-10H,11-13H2,1-2H3,(H2,21,27,28)(H2,22,23,24). The van der Waals surface area contributed by atoms with Crippen molar-refractivity contribution in [3.8, 4) is 0 Å². The number of benzene rings is 2. The van der Waals surface area contributed by atoms with Crippen molar-refractivity contribution in [3.63, 3.8) is 0 Å². The molecule has 0 fully saturated rings. The van der Waals surface area contributed by atoms with E-state index in [1.54, 1.807) is 38.4 Å². The molecule has 0 aliphatic rings. The molecule has 0 spiro atoms. The molecule has 10 heteroatoms.